The van der Waals surface area contributed by atoms with Crippen LogP contribution in [0.3, 0.4) is 0 Å². The quantitative estimate of drug-likeness (QED) is 0.863. The molecule has 0 atom stereocenters. The van der Waals surface area contributed by atoms with Crippen molar-refractivity contribution < 1.29 is 9.53 Å². The van der Waals surface area contributed by atoms with Gasteiger partial charge in [-0.05, 0) is 30.5 Å². The third kappa shape index (κ3) is 3.94. The maximum absolute atomic E-state index is 11.4. The number of benzene rings is 1. The van der Waals surface area contributed by atoms with Gasteiger partial charge in [0.15, 0.2) is 0 Å². The lowest BCUT2D eigenvalue weighted by molar-refractivity contribution is -0.148. The van der Waals surface area contributed by atoms with Crippen molar-refractivity contribution >= 4 is 11.7 Å². The summed E-state index contributed by atoms with van der Waals surface area (Å²) in [6.45, 7) is 8.12. The Kier molecular flexibility index (Phi) is 4.78. The molecule has 0 saturated heterocycles. The molecule has 1 N–H and O–H groups in total. The molecule has 0 bridgehead atoms. The van der Waals surface area contributed by atoms with Crippen molar-refractivity contribution in [2.24, 2.45) is 11.0 Å². The van der Waals surface area contributed by atoms with E-state index in [4.69, 9.17) is 4.74 Å². The first-order chi connectivity index (χ1) is 9.97. The fourth-order valence-corrected chi connectivity index (χ4v) is 1.95. The molecule has 1 aromatic rings. The summed E-state index contributed by atoms with van der Waals surface area (Å²) in [7, 11) is 0. The van der Waals surface area contributed by atoms with E-state index in [1.807, 2.05) is 45.0 Å². The van der Waals surface area contributed by atoms with Crippen LogP contribution in [0.2, 0.25) is 0 Å². The van der Waals surface area contributed by atoms with Crippen molar-refractivity contribution in [1.29, 1.82) is 0 Å². The van der Waals surface area contributed by atoms with Gasteiger partial charge in [0.05, 0.1) is 11.6 Å². The Morgan fingerprint density at radius 1 is 1.29 bits per heavy atom. The molecule has 4 heteroatoms. The van der Waals surface area contributed by atoms with Gasteiger partial charge >= 0.3 is 5.97 Å². The van der Waals surface area contributed by atoms with E-state index in [2.05, 4.69) is 17.5 Å². The van der Waals surface area contributed by atoms with Gasteiger partial charge in [0.25, 0.3) is 0 Å². The maximum atomic E-state index is 11.4. The van der Waals surface area contributed by atoms with E-state index in [1.165, 1.54) is 5.57 Å². The Balaban J connectivity index is 1.98. The van der Waals surface area contributed by atoms with Crippen LogP contribution in [-0.4, -0.2) is 11.7 Å². The molecule has 0 unspecified atom stereocenters. The lowest BCUT2D eigenvalue weighted by atomic mass is 10.00. The van der Waals surface area contributed by atoms with Gasteiger partial charge in [-0.25, -0.2) is 0 Å². The molecule has 4 nitrogen and oxygen atoms in total. The molecule has 112 valence electrons. The molecule has 21 heavy (non-hydrogen) atoms. The SMILES string of the molecule is CC1=C(C)NN=C(c2ccc(COC(=O)C(C)C)cc2)C1. The molecule has 1 aromatic carbocycles. The maximum Gasteiger partial charge on any atom is 0.308 e. The van der Waals surface area contributed by atoms with Crippen LogP contribution in [0, 0.1) is 5.92 Å². The van der Waals surface area contributed by atoms with Crippen molar-refractivity contribution in [1.82, 2.24) is 5.43 Å². The number of nitrogens with one attached hydrogen (secondary N) is 1. The highest BCUT2D eigenvalue weighted by Gasteiger charge is 2.12. The number of allylic oxidation sites excluding steroid dienone is 2. The van der Waals surface area contributed by atoms with Crippen LogP contribution in [-0.2, 0) is 16.1 Å². The average molecular weight is 286 g/mol. The minimum absolute atomic E-state index is 0.0926. The monoisotopic (exact) mass is 286 g/mol. The Hall–Kier alpha value is -2.10. The number of hydrazone groups is 1. The van der Waals surface area contributed by atoms with E-state index in [0.717, 1.165) is 29.0 Å². The van der Waals surface area contributed by atoms with Crippen LogP contribution in [0.4, 0.5) is 0 Å². The van der Waals surface area contributed by atoms with Gasteiger partial charge in [0.2, 0.25) is 0 Å². The minimum atomic E-state index is -0.170. The Labute approximate surface area is 125 Å². The summed E-state index contributed by atoms with van der Waals surface area (Å²) in [5.41, 5.74) is 8.58. The summed E-state index contributed by atoms with van der Waals surface area (Å²) in [6.07, 6.45) is 0.862. The normalized spacial score (nSPS) is 14.8. The summed E-state index contributed by atoms with van der Waals surface area (Å²) in [4.78, 5) is 11.4. The van der Waals surface area contributed by atoms with Crippen molar-refractivity contribution in [3.8, 4) is 0 Å². The van der Waals surface area contributed by atoms with E-state index in [0.29, 0.717) is 6.61 Å². The molecule has 1 heterocycles. The summed E-state index contributed by atoms with van der Waals surface area (Å²) in [5, 5.41) is 4.38. The number of esters is 1. The summed E-state index contributed by atoms with van der Waals surface area (Å²) >= 11 is 0. The van der Waals surface area contributed by atoms with E-state index >= 15 is 0 Å². The van der Waals surface area contributed by atoms with Crippen molar-refractivity contribution in [3.05, 3.63) is 46.7 Å². The predicted octanol–water partition coefficient (Wildman–Crippen LogP) is 3.38. The molecule has 0 spiro atoms. The number of hydrogen-bond acceptors (Lipinski definition) is 4. The number of carbonyl (C=O) groups excluding carboxylic acids is 1. The molecule has 0 fully saturated rings. The van der Waals surface area contributed by atoms with Crippen LogP contribution in [0.15, 0.2) is 40.6 Å². The second-order valence-corrected chi connectivity index (χ2v) is 5.71. The van der Waals surface area contributed by atoms with E-state index in [9.17, 15) is 4.79 Å². The molecule has 0 radical (unpaired) electrons. The molecule has 1 aliphatic rings. The summed E-state index contributed by atoms with van der Waals surface area (Å²) in [6, 6.07) is 8.00. The molecular formula is C17H22N2O2. The third-order valence-corrected chi connectivity index (χ3v) is 3.57. The van der Waals surface area contributed by atoms with Crippen molar-refractivity contribution in [2.45, 2.75) is 40.7 Å². The van der Waals surface area contributed by atoms with Gasteiger partial charge in [-0.2, -0.15) is 5.10 Å². The van der Waals surface area contributed by atoms with Crippen LogP contribution >= 0.6 is 0 Å². The number of carbonyl (C=O) groups is 1. The Morgan fingerprint density at radius 3 is 2.52 bits per heavy atom. The minimum Gasteiger partial charge on any atom is -0.461 e. The molecular weight excluding hydrogens is 264 g/mol. The highest BCUT2D eigenvalue weighted by Crippen LogP contribution is 2.17. The predicted molar refractivity (Wildman–Crippen MR) is 83.7 cm³/mol. The van der Waals surface area contributed by atoms with Crippen LogP contribution in [0.5, 0.6) is 0 Å². The fourth-order valence-electron chi connectivity index (χ4n) is 1.95. The summed E-state index contributed by atoms with van der Waals surface area (Å²) in [5.74, 6) is -0.263. The fraction of sp³-hybridized carbons (Fsp3) is 0.412. The highest BCUT2D eigenvalue weighted by atomic mass is 16.5. The standard InChI is InChI=1S/C17H22N2O2/c1-11(2)17(20)21-10-14-5-7-15(8-6-14)16-9-12(3)13(4)18-19-16/h5-8,11,18H,9-10H2,1-4H3. The van der Waals surface area contributed by atoms with Crippen LogP contribution in [0.25, 0.3) is 0 Å². The smallest absolute Gasteiger partial charge is 0.308 e. The number of nitrogens with zero attached hydrogens (tertiary/aromatic N) is 1. The van der Waals surface area contributed by atoms with Gasteiger partial charge in [-0.3, -0.25) is 10.2 Å². The first kappa shape index (κ1) is 15.3. The Bertz CT molecular complexity index is 583. The molecule has 1 aliphatic heterocycles. The molecule has 0 saturated carbocycles. The van der Waals surface area contributed by atoms with Gasteiger partial charge in [0, 0.05) is 12.1 Å². The molecule has 0 amide bonds. The largest absolute Gasteiger partial charge is 0.461 e. The van der Waals surface area contributed by atoms with E-state index in [-0.39, 0.29) is 11.9 Å². The molecule has 2 rings (SSSR count). The second-order valence-electron chi connectivity index (χ2n) is 5.71. The lowest BCUT2D eigenvalue weighted by Crippen LogP contribution is -2.17. The van der Waals surface area contributed by atoms with E-state index in [1.54, 1.807) is 0 Å². The number of ether oxygens (including phenoxy) is 1. The topological polar surface area (TPSA) is 50.7 Å². The van der Waals surface area contributed by atoms with Crippen LogP contribution in [0.1, 0.15) is 45.2 Å². The zero-order chi connectivity index (χ0) is 15.4. The first-order valence-electron chi connectivity index (χ1n) is 7.22. The number of rotatable bonds is 4. The summed E-state index contributed by atoms with van der Waals surface area (Å²) < 4.78 is 5.22. The first-order valence-corrected chi connectivity index (χ1v) is 7.22. The van der Waals surface area contributed by atoms with Crippen molar-refractivity contribution in [3.63, 3.8) is 0 Å². The van der Waals surface area contributed by atoms with Gasteiger partial charge < -0.3 is 4.74 Å². The average Bonchev–Trinajstić information content (AvgIpc) is 2.48. The lowest BCUT2D eigenvalue weighted by Gasteiger charge is -2.16. The number of hydrogen-bond donors (Lipinski definition) is 1. The van der Waals surface area contributed by atoms with E-state index < -0.39 is 0 Å². The second kappa shape index (κ2) is 6.57. The highest BCUT2D eigenvalue weighted by molar-refractivity contribution is 6.02. The zero-order valence-corrected chi connectivity index (χ0v) is 13.1. The van der Waals surface area contributed by atoms with Gasteiger partial charge in [-0.1, -0.05) is 38.1 Å². The van der Waals surface area contributed by atoms with Gasteiger partial charge in [0.1, 0.15) is 6.61 Å². The molecule has 0 aromatic heterocycles. The zero-order valence-electron chi connectivity index (χ0n) is 13.1. The van der Waals surface area contributed by atoms with Crippen molar-refractivity contribution in [2.75, 3.05) is 0 Å². The van der Waals surface area contributed by atoms with Crippen LogP contribution < -0.4 is 5.43 Å². The molecule has 0 aliphatic carbocycles. The third-order valence-electron chi connectivity index (χ3n) is 3.57. The Morgan fingerprint density at radius 2 is 1.95 bits per heavy atom. The van der Waals surface area contributed by atoms with Gasteiger partial charge in [-0.15, -0.1) is 0 Å².